The molecule has 0 aromatic heterocycles. The van der Waals surface area contributed by atoms with E-state index in [0.29, 0.717) is 37.6 Å². The first-order valence-corrected chi connectivity index (χ1v) is 7.28. The van der Waals surface area contributed by atoms with Gasteiger partial charge in [-0.05, 0) is 51.1 Å². The summed E-state index contributed by atoms with van der Waals surface area (Å²) in [7, 11) is 0. The summed E-state index contributed by atoms with van der Waals surface area (Å²) in [5, 5.41) is 3.16. The molecule has 0 aromatic carbocycles. The lowest BCUT2D eigenvalue weighted by molar-refractivity contribution is -0.148. The molecule has 1 aliphatic carbocycles. The first kappa shape index (κ1) is 15.4. The van der Waals surface area contributed by atoms with Crippen molar-refractivity contribution in [3.05, 3.63) is 0 Å². The number of alkyl halides is 3. The predicted molar refractivity (Wildman–Crippen MR) is 72.5 cm³/mol. The van der Waals surface area contributed by atoms with E-state index in [1.165, 1.54) is 11.3 Å². The van der Waals surface area contributed by atoms with Crippen LogP contribution >= 0.6 is 0 Å². The zero-order chi connectivity index (χ0) is 14.6. The number of nitrogens with two attached hydrogens (primary N) is 1. The van der Waals surface area contributed by atoms with E-state index in [9.17, 15) is 13.2 Å². The number of rotatable bonds is 4. The van der Waals surface area contributed by atoms with Crippen LogP contribution in [0.4, 0.5) is 13.2 Å². The lowest BCUT2D eigenvalue weighted by Crippen LogP contribution is -2.44. The molecule has 2 rings (SSSR count). The zero-order valence-electron chi connectivity index (χ0n) is 11.6. The summed E-state index contributed by atoms with van der Waals surface area (Å²) in [5.74, 6) is 0.827. The Morgan fingerprint density at radius 2 is 1.85 bits per heavy atom. The fourth-order valence-corrected chi connectivity index (χ4v) is 2.62. The molecule has 0 aromatic rings. The number of guanidine groups is 1. The normalized spacial score (nSPS) is 23.6. The van der Waals surface area contributed by atoms with Gasteiger partial charge in [0, 0.05) is 12.6 Å². The number of nitrogens with one attached hydrogen (secondary N) is 1. The fraction of sp³-hybridized carbons (Fsp3) is 0.923. The third-order valence-electron chi connectivity index (χ3n) is 4.09. The number of nitrogens with zero attached hydrogens (tertiary/aromatic N) is 2. The van der Waals surface area contributed by atoms with Crippen molar-refractivity contribution >= 4 is 5.96 Å². The van der Waals surface area contributed by atoms with E-state index >= 15 is 0 Å². The van der Waals surface area contributed by atoms with Crippen molar-refractivity contribution in [3.63, 3.8) is 0 Å². The fourth-order valence-electron chi connectivity index (χ4n) is 2.62. The van der Waals surface area contributed by atoms with E-state index in [4.69, 9.17) is 5.73 Å². The van der Waals surface area contributed by atoms with Gasteiger partial charge >= 0.3 is 6.18 Å². The van der Waals surface area contributed by atoms with Crippen LogP contribution in [-0.2, 0) is 0 Å². The molecule has 2 fully saturated rings. The van der Waals surface area contributed by atoms with Crippen LogP contribution in [0.15, 0.2) is 4.99 Å². The Morgan fingerprint density at radius 1 is 1.20 bits per heavy atom. The lowest BCUT2D eigenvalue weighted by Gasteiger charge is -2.32. The second-order valence-corrected chi connectivity index (χ2v) is 5.83. The van der Waals surface area contributed by atoms with Crippen molar-refractivity contribution in [2.45, 2.75) is 44.3 Å². The first-order valence-electron chi connectivity index (χ1n) is 7.28. The monoisotopic (exact) mass is 292 g/mol. The van der Waals surface area contributed by atoms with Gasteiger partial charge in [0.2, 0.25) is 0 Å². The molecular weight excluding hydrogens is 269 g/mol. The van der Waals surface area contributed by atoms with E-state index in [-0.39, 0.29) is 0 Å². The van der Waals surface area contributed by atoms with Gasteiger partial charge in [0.1, 0.15) is 0 Å². The molecule has 1 aliphatic heterocycles. The van der Waals surface area contributed by atoms with Gasteiger partial charge in [-0.15, -0.1) is 0 Å². The zero-order valence-corrected chi connectivity index (χ0v) is 11.6. The van der Waals surface area contributed by atoms with Crippen molar-refractivity contribution in [1.82, 2.24) is 10.2 Å². The average Bonchev–Trinajstić information content (AvgIpc) is 2.31. The number of likely N-dealkylation sites (tertiary alicyclic amines) is 1. The molecule has 0 atom stereocenters. The van der Waals surface area contributed by atoms with Gasteiger partial charge in [0.15, 0.2) is 5.96 Å². The van der Waals surface area contributed by atoms with Crippen LogP contribution in [0.1, 0.15) is 32.1 Å². The third-order valence-corrected chi connectivity index (χ3v) is 4.09. The number of piperidine rings is 1. The summed E-state index contributed by atoms with van der Waals surface area (Å²) in [5.41, 5.74) is 5.79. The molecule has 0 bridgehead atoms. The van der Waals surface area contributed by atoms with E-state index < -0.39 is 12.7 Å². The second-order valence-electron chi connectivity index (χ2n) is 5.83. The number of halogens is 3. The summed E-state index contributed by atoms with van der Waals surface area (Å²) in [6.45, 7) is 0.811. The topological polar surface area (TPSA) is 53.6 Å². The van der Waals surface area contributed by atoms with Crippen LogP contribution in [0.25, 0.3) is 0 Å². The molecule has 0 spiro atoms. The number of hydrogen-bond donors (Lipinski definition) is 2. The van der Waals surface area contributed by atoms with Crippen molar-refractivity contribution in [1.29, 1.82) is 0 Å². The summed E-state index contributed by atoms with van der Waals surface area (Å²) < 4.78 is 36.8. The standard InChI is InChI=1S/C13H23F3N4/c14-13(15,16)9-20-6-4-10(5-7-20)8-18-12(17)19-11-2-1-3-11/h10-11H,1-9H2,(H3,17,18,19). The van der Waals surface area contributed by atoms with Crippen molar-refractivity contribution in [2.24, 2.45) is 16.6 Å². The van der Waals surface area contributed by atoms with Gasteiger partial charge in [0.05, 0.1) is 6.54 Å². The highest BCUT2D eigenvalue weighted by Crippen LogP contribution is 2.22. The maximum absolute atomic E-state index is 12.3. The van der Waals surface area contributed by atoms with Crippen LogP contribution in [0, 0.1) is 5.92 Å². The van der Waals surface area contributed by atoms with Gasteiger partial charge in [-0.25, -0.2) is 0 Å². The van der Waals surface area contributed by atoms with Gasteiger partial charge in [0.25, 0.3) is 0 Å². The Morgan fingerprint density at radius 3 is 2.35 bits per heavy atom. The van der Waals surface area contributed by atoms with E-state index in [2.05, 4.69) is 10.3 Å². The average molecular weight is 292 g/mol. The van der Waals surface area contributed by atoms with Gasteiger partial charge in [-0.1, -0.05) is 0 Å². The van der Waals surface area contributed by atoms with E-state index in [1.54, 1.807) is 0 Å². The van der Waals surface area contributed by atoms with Crippen LogP contribution < -0.4 is 11.1 Å². The minimum absolute atomic E-state index is 0.348. The number of aliphatic imine (C=N–C) groups is 1. The summed E-state index contributed by atoms with van der Waals surface area (Å²) in [6, 6.07) is 0.465. The molecule has 0 amide bonds. The Labute approximate surface area is 117 Å². The van der Waals surface area contributed by atoms with E-state index in [0.717, 1.165) is 25.7 Å². The molecule has 20 heavy (non-hydrogen) atoms. The Balaban J connectivity index is 1.64. The summed E-state index contributed by atoms with van der Waals surface area (Å²) in [6.07, 6.45) is 0.954. The second kappa shape index (κ2) is 6.65. The van der Waals surface area contributed by atoms with E-state index in [1.807, 2.05) is 0 Å². The van der Waals surface area contributed by atoms with Crippen LogP contribution in [0.5, 0.6) is 0 Å². The highest BCUT2D eigenvalue weighted by molar-refractivity contribution is 5.78. The number of hydrogen-bond acceptors (Lipinski definition) is 2. The van der Waals surface area contributed by atoms with Crippen LogP contribution in [-0.4, -0.2) is 49.3 Å². The largest absolute Gasteiger partial charge is 0.401 e. The van der Waals surface area contributed by atoms with Gasteiger partial charge in [-0.3, -0.25) is 9.89 Å². The molecule has 116 valence electrons. The minimum atomic E-state index is -4.10. The quantitative estimate of drug-likeness (QED) is 0.613. The predicted octanol–water partition coefficient (Wildman–Crippen LogP) is 1.72. The van der Waals surface area contributed by atoms with Crippen molar-refractivity contribution < 1.29 is 13.2 Å². The van der Waals surface area contributed by atoms with Gasteiger partial charge in [-0.2, -0.15) is 13.2 Å². The lowest BCUT2D eigenvalue weighted by atomic mass is 9.93. The smallest absolute Gasteiger partial charge is 0.370 e. The minimum Gasteiger partial charge on any atom is -0.370 e. The maximum atomic E-state index is 12.3. The summed E-state index contributed by atoms with van der Waals surface area (Å²) in [4.78, 5) is 5.78. The summed E-state index contributed by atoms with van der Waals surface area (Å²) >= 11 is 0. The van der Waals surface area contributed by atoms with Gasteiger partial charge < -0.3 is 11.1 Å². The van der Waals surface area contributed by atoms with Crippen molar-refractivity contribution in [2.75, 3.05) is 26.2 Å². The molecule has 0 unspecified atom stereocenters. The Kier molecular flexibility index (Phi) is 5.12. The maximum Gasteiger partial charge on any atom is 0.401 e. The highest BCUT2D eigenvalue weighted by atomic mass is 19.4. The molecule has 0 radical (unpaired) electrons. The molecule has 1 saturated carbocycles. The first-order chi connectivity index (χ1) is 9.42. The third kappa shape index (κ3) is 5.19. The van der Waals surface area contributed by atoms with Crippen LogP contribution in [0.3, 0.4) is 0 Å². The van der Waals surface area contributed by atoms with Crippen LogP contribution in [0.2, 0.25) is 0 Å². The Bertz CT molecular complexity index is 331. The highest BCUT2D eigenvalue weighted by Gasteiger charge is 2.32. The molecule has 3 N–H and O–H groups in total. The molecule has 1 saturated heterocycles. The Hall–Kier alpha value is -0.980. The molecule has 7 heteroatoms. The molecule has 1 heterocycles. The molecule has 2 aliphatic rings. The molecule has 4 nitrogen and oxygen atoms in total. The SMILES string of the molecule is NC(=NCC1CCN(CC(F)(F)F)CC1)NC1CCC1. The molecular formula is C13H23F3N4. The van der Waals surface area contributed by atoms with Crippen molar-refractivity contribution in [3.8, 4) is 0 Å².